The normalized spacial score (nSPS) is 11.5. The molecule has 8 aromatic rings. The molecular weight excluding hydrogens is 1500 g/mol. The molecule has 15 N–H and O–H groups in total. The Morgan fingerprint density at radius 3 is 1.15 bits per heavy atom. The lowest BCUT2D eigenvalue weighted by atomic mass is 9.89. The fourth-order valence-corrected chi connectivity index (χ4v) is 10.9. The van der Waals surface area contributed by atoms with E-state index in [1.807, 2.05) is 13.8 Å². The van der Waals surface area contributed by atoms with Crippen molar-refractivity contribution in [2.24, 2.45) is 5.92 Å². The van der Waals surface area contributed by atoms with E-state index in [0.29, 0.717) is 86.1 Å². The standard InChI is InChI=1S/C15H12ClF3N2OS.C14H19ClN2OS.C13H9Cl3N2OS.C13H10Cl2N2OS.C10H13ClN2OS/c16-11-2-1-3-12(13(11)22)21-14(23)20-8-9-4-6-10(7-5-9)15(17,18)19;15-11-7-4-8-12(13(11)18)17-14(19)16-9-10-5-2-1-3-6-10;14-7-4-8(15)6-9(5-7)17-13(20)18-11-3-1-2-10(16)12(11)19;14-8-4-6-9(7-5-8)16-13(19)17-11-3-1-2-10(15)12(11)18;1-6(2)12-10(15)13-8-5-3-4-7(11)9(8)14/h1-7,22H,8H2,(H2,20,21,23);4,7-8,10,18H,1-3,5-6,9H2,(H2,16,17,19);1-6,19H,(H2,17,18,20);1-7,18H,(H2,16,17,19);3-6,14H,1-2H3,(H2,12,13,15). The Morgan fingerprint density at radius 2 is 0.771 bits per heavy atom. The minimum Gasteiger partial charge on any atom is -0.504 e. The second-order valence-corrected chi connectivity index (χ2v) is 26.0. The molecule has 0 amide bonds. The van der Waals surface area contributed by atoms with Gasteiger partial charge in [0.2, 0.25) is 0 Å². The number of anilines is 7. The molecule has 1 saturated carbocycles. The van der Waals surface area contributed by atoms with Gasteiger partial charge in [-0.25, -0.2) is 0 Å². The van der Waals surface area contributed by atoms with Crippen LogP contribution in [0.5, 0.6) is 28.7 Å². The predicted octanol–water partition coefficient (Wildman–Crippen LogP) is 20.9. The van der Waals surface area contributed by atoms with E-state index in [1.165, 1.54) is 50.3 Å². The largest absolute Gasteiger partial charge is 0.504 e. The summed E-state index contributed by atoms with van der Waals surface area (Å²) in [6.45, 7) is 5.09. The highest BCUT2D eigenvalue weighted by Crippen LogP contribution is 2.36. The first-order chi connectivity index (χ1) is 45.4. The van der Waals surface area contributed by atoms with Crippen LogP contribution in [0.1, 0.15) is 57.1 Å². The van der Waals surface area contributed by atoms with Crippen molar-refractivity contribution in [3.63, 3.8) is 0 Å². The van der Waals surface area contributed by atoms with Gasteiger partial charge in [-0.3, -0.25) is 0 Å². The van der Waals surface area contributed by atoms with Gasteiger partial charge in [-0.05, 0) is 215 Å². The summed E-state index contributed by atoms with van der Waals surface area (Å²) in [6.07, 6.45) is 2.20. The molecular formula is C65H63Cl8F3N10O5S5. The molecule has 0 heterocycles. The number of halogens is 11. The zero-order chi connectivity index (χ0) is 70.6. The van der Waals surface area contributed by atoms with Gasteiger partial charge in [-0.15, -0.1) is 0 Å². The summed E-state index contributed by atoms with van der Waals surface area (Å²) in [5.74, 6) is 0.513. The summed E-state index contributed by atoms with van der Waals surface area (Å²) in [5.41, 5.74) is 3.59. The minimum atomic E-state index is -4.35. The van der Waals surface area contributed by atoms with Gasteiger partial charge in [-0.2, -0.15) is 13.2 Å². The molecule has 0 atom stereocenters. The molecule has 96 heavy (non-hydrogen) atoms. The molecule has 15 nitrogen and oxygen atoms in total. The zero-order valence-electron chi connectivity index (χ0n) is 50.6. The molecule has 8 aromatic carbocycles. The third-order valence-electron chi connectivity index (χ3n) is 12.8. The van der Waals surface area contributed by atoms with Gasteiger partial charge < -0.3 is 78.7 Å². The number of para-hydroxylation sites is 5. The maximum Gasteiger partial charge on any atom is 0.416 e. The van der Waals surface area contributed by atoms with E-state index < -0.39 is 11.7 Å². The van der Waals surface area contributed by atoms with Crippen LogP contribution >= 0.6 is 154 Å². The Kier molecular flexibility index (Phi) is 33.6. The molecule has 0 bridgehead atoms. The summed E-state index contributed by atoms with van der Waals surface area (Å²) >= 11 is 72.2. The van der Waals surface area contributed by atoms with Crippen LogP contribution in [0.2, 0.25) is 40.2 Å². The highest BCUT2D eigenvalue weighted by atomic mass is 35.5. The van der Waals surface area contributed by atoms with Crippen molar-refractivity contribution in [1.82, 2.24) is 16.0 Å². The maximum atomic E-state index is 12.5. The number of alkyl halides is 3. The highest BCUT2D eigenvalue weighted by Gasteiger charge is 2.30. The van der Waals surface area contributed by atoms with Crippen molar-refractivity contribution in [1.29, 1.82) is 0 Å². The van der Waals surface area contributed by atoms with Crippen LogP contribution in [0.3, 0.4) is 0 Å². The van der Waals surface area contributed by atoms with Crippen LogP contribution in [0.4, 0.5) is 53.0 Å². The summed E-state index contributed by atoms with van der Waals surface area (Å²) < 4.78 is 37.4. The van der Waals surface area contributed by atoms with Gasteiger partial charge in [0.05, 0.1) is 59.1 Å². The first kappa shape index (κ1) is 80.0. The fourth-order valence-electron chi connectivity index (χ4n) is 8.19. The third-order valence-corrected chi connectivity index (χ3v) is 16.2. The minimum absolute atomic E-state index is 0.00655. The van der Waals surface area contributed by atoms with Crippen LogP contribution in [-0.4, -0.2) is 63.7 Å². The molecule has 0 spiro atoms. The smallest absolute Gasteiger partial charge is 0.416 e. The summed E-state index contributed by atoms with van der Waals surface area (Å²) in [7, 11) is 0. The molecule has 9 rings (SSSR count). The average Bonchev–Trinajstić information content (AvgIpc) is 1.08. The number of rotatable bonds is 12. The molecule has 0 aliphatic heterocycles. The molecule has 0 unspecified atom stereocenters. The number of thiocarbonyl (C=S) groups is 5. The predicted molar refractivity (Wildman–Crippen MR) is 413 cm³/mol. The number of nitrogens with one attached hydrogen (secondary N) is 10. The number of aromatic hydroxyl groups is 5. The molecule has 510 valence electrons. The molecule has 1 fully saturated rings. The van der Waals surface area contributed by atoms with Crippen LogP contribution in [-0.2, 0) is 12.7 Å². The second-order valence-electron chi connectivity index (χ2n) is 20.6. The molecule has 31 heteroatoms. The van der Waals surface area contributed by atoms with Crippen molar-refractivity contribution in [2.75, 3.05) is 43.8 Å². The Bertz CT molecular complexity index is 3930. The summed E-state index contributed by atoms with van der Waals surface area (Å²) in [4.78, 5) is 0. The van der Waals surface area contributed by atoms with Crippen LogP contribution in [0, 0.1) is 5.92 Å². The SMILES string of the molecule is CC(C)NC(=S)Nc1cccc(Cl)c1O.Oc1c(Cl)cccc1NC(=S)NCC1CCCCC1.Oc1c(Cl)cccc1NC(=S)NCc1ccc(C(F)(F)F)cc1.Oc1c(Cl)cccc1NC(=S)Nc1cc(Cl)cc(Cl)c1.Oc1c(Cl)cccc1NC(=S)Nc1ccc(Cl)cc1. The van der Waals surface area contributed by atoms with E-state index in [4.69, 9.17) is 154 Å². The first-order valence-electron chi connectivity index (χ1n) is 28.5. The van der Waals surface area contributed by atoms with Crippen LogP contribution in [0.15, 0.2) is 158 Å². The number of benzene rings is 8. The van der Waals surface area contributed by atoms with E-state index >= 15 is 0 Å². The van der Waals surface area contributed by atoms with E-state index in [1.54, 1.807) is 127 Å². The lowest BCUT2D eigenvalue weighted by Gasteiger charge is -2.22. The Balaban J connectivity index is 0.000000218. The molecule has 0 aromatic heterocycles. The van der Waals surface area contributed by atoms with Crippen LogP contribution < -0.4 is 53.2 Å². The van der Waals surface area contributed by atoms with Gasteiger partial charge in [0.25, 0.3) is 0 Å². The Morgan fingerprint density at radius 1 is 0.417 bits per heavy atom. The van der Waals surface area contributed by atoms with Crippen LogP contribution in [0.25, 0.3) is 0 Å². The van der Waals surface area contributed by atoms with Crippen molar-refractivity contribution >= 4 is 219 Å². The highest BCUT2D eigenvalue weighted by molar-refractivity contribution is 7.81. The lowest BCUT2D eigenvalue weighted by Crippen LogP contribution is -2.33. The first-order valence-corrected chi connectivity index (χ1v) is 33.6. The van der Waals surface area contributed by atoms with E-state index in [-0.39, 0.29) is 66.6 Å². The third kappa shape index (κ3) is 28.4. The van der Waals surface area contributed by atoms with Crippen molar-refractivity contribution in [3.05, 3.63) is 209 Å². The van der Waals surface area contributed by atoms with E-state index in [9.17, 15) is 38.7 Å². The number of phenols is 5. The van der Waals surface area contributed by atoms with Crippen molar-refractivity contribution in [3.8, 4) is 28.7 Å². The monoisotopic (exact) mass is 1560 g/mol. The molecule has 1 aliphatic rings. The Labute approximate surface area is 620 Å². The second kappa shape index (κ2) is 40.3. The summed E-state index contributed by atoms with van der Waals surface area (Å²) in [6, 6.07) is 42.0. The average molecular weight is 1570 g/mol. The molecule has 0 radical (unpaired) electrons. The Hall–Kier alpha value is -6.68. The quantitative estimate of drug-likeness (QED) is 0.0404. The van der Waals surface area contributed by atoms with Gasteiger partial charge >= 0.3 is 6.18 Å². The van der Waals surface area contributed by atoms with Gasteiger partial charge in [0.15, 0.2) is 54.3 Å². The van der Waals surface area contributed by atoms with Crippen molar-refractivity contribution < 1.29 is 38.7 Å². The van der Waals surface area contributed by atoms with Crippen molar-refractivity contribution in [2.45, 2.75) is 64.7 Å². The maximum absolute atomic E-state index is 12.5. The number of hydrogen-bond donors (Lipinski definition) is 15. The topological polar surface area (TPSA) is 221 Å². The molecule has 1 aliphatic carbocycles. The zero-order valence-corrected chi connectivity index (χ0v) is 60.7. The lowest BCUT2D eigenvalue weighted by molar-refractivity contribution is -0.137. The van der Waals surface area contributed by atoms with E-state index in [0.717, 1.165) is 24.4 Å². The summed E-state index contributed by atoms with van der Waals surface area (Å²) in [5, 5.41) is 82.7. The number of hydrogen-bond acceptors (Lipinski definition) is 10. The number of phenolic OH excluding ortho intramolecular Hbond substituents is 5. The van der Waals surface area contributed by atoms with E-state index in [2.05, 4.69) is 53.2 Å². The van der Waals surface area contributed by atoms with Gasteiger partial charge in [-0.1, -0.05) is 155 Å². The van der Waals surface area contributed by atoms with Gasteiger partial charge in [0.1, 0.15) is 0 Å². The van der Waals surface area contributed by atoms with Gasteiger partial charge in [0, 0.05) is 45.6 Å². The molecule has 0 saturated heterocycles. The fraction of sp³-hybridized carbons (Fsp3) is 0.185.